The van der Waals surface area contributed by atoms with Gasteiger partial charge in [0.25, 0.3) is 0 Å². The van der Waals surface area contributed by atoms with Gasteiger partial charge in [-0.3, -0.25) is 0 Å². The first-order valence-electron chi connectivity index (χ1n) is 7.86. The van der Waals surface area contributed by atoms with E-state index in [1.165, 1.54) is 18.2 Å². The minimum Gasteiger partial charge on any atom is -0.478 e. The monoisotopic (exact) mass is 408 g/mol. The summed E-state index contributed by atoms with van der Waals surface area (Å²) in [4.78, 5) is 23.4. The largest absolute Gasteiger partial charge is 0.478 e. The minimum absolute atomic E-state index is 0.0367. The van der Waals surface area contributed by atoms with Gasteiger partial charge in [0.1, 0.15) is 0 Å². The maximum atomic E-state index is 12.9. The highest BCUT2D eigenvalue weighted by Gasteiger charge is 2.33. The van der Waals surface area contributed by atoms with E-state index in [4.69, 9.17) is 16.7 Å². The van der Waals surface area contributed by atoms with Gasteiger partial charge in [0, 0.05) is 11.1 Å². The van der Waals surface area contributed by atoms with E-state index in [-0.39, 0.29) is 11.3 Å². The third kappa shape index (κ3) is 4.17. The van der Waals surface area contributed by atoms with Gasteiger partial charge in [-0.15, -0.1) is 0 Å². The van der Waals surface area contributed by atoms with Crippen LogP contribution in [0.4, 0.5) is 29.3 Å². The normalized spacial score (nSPS) is 11.3. The topological polar surface area (TPSA) is 78.4 Å². The van der Waals surface area contributed by atoms with E-state index in [0.717, 1.165) is 12.1 Å². The number of carboxylic acid groups (broad SMARTS) is 1. The molecule has 0 radical (unpaired) electrons. The molecule has 3 N–H and O–H groups in total. The molecular weight excluding hydrogens is 397 g/mol. The molecule has 5 nitrogen and oxygen atoms in total. The van der Waals surface area contributed by atoms with Crippen LogP contribution in [-0.2, 0) is 6.18 Å². The average Bonchev–Trinajstić information content (AvgIpc) is 2.62. The van der Waals surface area contributed by atoms with Crippen LogP contribution in [0.15, 0.2) is 54.6 Å². The molecule has 0 fully saturated rings. The van der Waals surface area contributed by atoms with E-state index >= 15 is 0 Å². The van der Waals surface area contributed by atoms with Crippen molar-refractivity contribution in [2.24, 2.45) is 0 Å². The summed E-state index contributed by atoms with van der Waals surface area (Å²) in [5.74, 6) is -1.12. The van der Waals surface area contributed by atoms with Crippen LogP contribution in [-0.4, -0.2) is 17.1 Å². The van der Waals surface area contributed by atoms with Crippen LogP contribution < -0.4 is 10.6 Å². The van der Waals surface area contributed by atoms with Gasteiger partial charge in [-0.05, 0) is 41.8 Å². The molecule has 0 aromatic heterocycles. The van der Waals surface area contributed by atoms with Crippen molar-refractivity contribution in [3.05, 3.63) is 70.7 Å². The van der Waals surface area contributed by atoms with E-state index in [1.807, 2.05) is 0 Å². The molecule has 0 bridgehead atoms. The number of aromatic carboxylic acids is 1. The van der Waals surface area contributed by atoms with E-state index in [9.17, 15) is 22.8 Å². The number of rotatable bonds is 3. The van der Waals surface area contributed by atoms with Crippen LogP contribution in [0.5, 0.6) is 0 Å². The minimum atomic E-state index is -4.66. The van der Waals surface area contributed by atoms with E-state index in [0.29, 0.717) is 16.5 Å². The number of carbonyl (C=O) groups is 2. The van der Waals surface area contributed by atoms with E-state index < -0.39 is 28.8 Å². The Morgan fingerprint density at radius 2 is 1.71 bits per heavy atom. The molecule has 0 aliphatic heterocycles. The molecule has 0 heterocycles. The van der Waals surface area contributed by atoms with Gasteiger partial charge in [0.15, 0.2) is 0 Å². The van der Waals surface area contributed by atoms with Crippen LogP contribution in [0.2, 0.25) is 5.02 Å². The number of hydrogen-bond donors (Lipinski definition) is 3. The van der Waals surface area contributed by atoms with E-state index in [2.05, 4.69) is 10.6 Å². The Kier molecular flexibility index (Phi) is 5.15. The summed E-state index contributed by atoms with van der Waals surface area (Å²) >= 11 is 5.56. The van der Waals surface area contributed by atoms with Crippen molar-refractivity contribution < 1.29 is 27.9 Å². The lowest BCUT2D eigenvalue weighted by Gasteiger charge is -2.13. The second kappa shape index (κ2) is 7.40. The molecule has 28 heavy (non-hydrogen) atoms. The van der Waals surface area contributed by atoms with Gasteiger partial charge in [0.05, 0.1) is 21.8 Å². The first-order valence-corrected chi connectivity index (χ1v) is 8.24. The summed E-state index contributed by atoms with van der Waals surface area (Å²) in [6.07, 6.45) is -4.66. The standard InChI is InChI=1S/C19H12ClF3N2O3/c20-15-7-6-12(9-14(15)19(21,22)23)24-18(28)25-16-3-1-2-10-4-5-11(17(26)27)8-13(10)16/h1-9H,(H,26,27)(H2,24,25,28). The van der Waals surface area contributed by atoms with Crippen LogP contribution in [0.3, 0.4) is 0 Å². The van der Waals surface area contributed by atoms with Crippen LogP contribution in [0, 0.1) is 0 Å². The maximum Gasteiger partial charge on any atom is 0.417 e. The first-order chi connectivity index (χ1) is 13.1. The lowest BCUT2D eigenvalue weighted by atomic mass is 10.1. The number of carboxylic acids is 1. The lowest BCUT2D eigenvalue weighted by molar-refractivity contribution is -0.137. The Hall–Kier alpha value is -3.26. The second-order valence-corrected chi connectivity index (χ2v) is 6.23. The molecule has 0 aliphatic rings. The molecule has 3 rings (SSSR count). The number of amides is 2. The predicted molar refractivity (Wildman–Crippen MR) is 100 cm³/mol. The fourth-order valence-electron chi connectivity index (χ4n) is 2.62. The number of fused-ring (bicyclic) bond motifs is 1. The summed E-state index contributed by atoms with van der Waals surface area (Å²) in [6.45, 7) is 0. The molecule has 3 aromatic rings. The first kappa shape index (κ1) is 19.5. The van der Waals surface area contributed by atoms with Crippen molar-refractivity contribution in [1.82, 2.24) is 0 Å². The highest BCUT2D eigenvalue weighted by atomic mass is 35.5. The summed E-state index contributed by atoms with van der Waals surface area (Å²) in [6, 6.07) is 11.6. The predicted octanol–water partition coefficient (Wildman–Crippen LogP) is 5.85. The smallest absolute Gasteiger partial charge is 0.417 e. The van der Waals surface area contributed by atoms with E-state index in [1.54, 1.807) is 24.3 Å². The fourth-order valence-corrected chi connectivity index (χ4v) is 2.84. The Morgan fingerprint density at radius 3 is 2.39 bits per heavy atom. The molecule has 3 aromatic carbocycles. The molecule has 0 spiro atoms. The van der Waals surface area contributed by atoms with Crippen molar-refractivity contribution in [2.45, 2.75) is 6.18 Å². The quantitative estimate of drug-likeness (QED) is 0.508. The van der Waals surface area contributed by atoms with Gasteiger partial charge in [-0.25, -0.2) is 9.59 Å². The molecule has 0 atom stereocenters. The zero-order chi connectivity index (χ0) is 20.5. The number of benzene rings is 3. The fraction of sp³-hybridized carbons (Fsp3) is 0.0526. The average molecular weight is 409 g/mol. The van der Waals surface area contributed by atoms with Gasteiger partial charge in [-0.2, -0.15) is 13.2 Å². The molecule has 0 saturated carbocycles. The molecule has 2 amide bonds. The van der Waals surface area contributed by atoms with Crippen LogP contribution in [0.1, 0.15) is 15.9 Å². The van der Waals surface area contributed by atoms with Crippen LogP contribution in [0.25, 0.3) is 10.8 Å². The third-order valence-corrected chi connectivity index (χ3v) is 4.24. The lowest BCUT2D eigenvalue weighted by Crippen LogP contribution is -2.20. The highest BCUT2D eigenvalue weighted by Crippen LogP contribution is 2.36. The zero-order valence-corrected chi connectivity index (χ0v) is 14.7. The summed E-state index contributed by atoms with van der Waals surface area (Å²) in [5, 5.41) is 14.6. The number of nitrogens with one attached hydrogen (secondary N) is 2. The number of urea groups is 1. The van der Waals surface area contributed by atoms with Gasteiger partial charge in [0.2, 0.25) is 0 Å². The number of carbonyl (C=O) groups excluding carboxylic acids is 1. The zero-order valence-electron chi connectivity index (χ0n) is 14.0. The number of halogens is 4. The molecule has 0 saturated heterocycles. The highest BCUT2D eigenvalue weighted by molar-refractivity contribution is 6.31. The number of anilines is 2. The maximum absolute atomic E-state index is 12.9. The molecule has 0 unspecified atom stereocenters. The Balaban J connectivity index is 1.86. The Bertz CT molecular complexity index is 1080. The second-order valence-electron chi connectivity index (χ2n) is 5.82. The van der Waals surface area contributed by atoms with Gasteiger partial charge >= 0.3 is 18.2 Å². The van der Waals surface area contributed by atoms with Crippen molar-refractivity contribution in [1.29, 1.82) is 0 Å². The van der Waals surface area contributed by atoms with Gasteiger partial charge < -0.3 is 15.7 Å². The number of alkyl halides is 3. The van der Waals surface area contributed by atoms with Crippen LogP contribution >= 0.6 is 11.6 Å². The van der Waals surface area contributed by atoms with Crippen molar-refractivity contribution in [2.75, 3.05) is 10.6 Å². The summed E-state index contributed by atoms with van der Waals surface area (Å²) in [5.41, 5.74) is -0.818. The van der Waals surface area contributed by atoms with Crippen molar-refractivity contribution in [3.8, 4) is 0 Å². The summed E-state index contributed by atoms with van der Waals surface area (Å²) in [7, 11) is 0. The summed E-state index contributed by atoms with van der Waals surface area (Å²) < 4.78 is 38.8. The molecule has 0 aliphatic carbocycles. The van der Waals surface area contributed by atoms with Crippen molar-refractivity contribution >= 4 is 45.7 Å². The Morgan fingerprint density at radius 1 is 0.964 bits per heavy atom. The number of hydrogen-bond acceptors (Lipinski definition) is 2. The van der Waals surface area contributed by atoms with Gasteiger partial charge in [-0.1, -0.05) is 29.8 Å². The molecular formula is C19H12ClF3N2O3. The third-order valence-electron chi connectivity index (χ3n) is 3.91. The molecule has 144 valence electrons. The van der Waals surface area contributed by atoms with Crippen molar-refractivity contribution in [3.63, 3.8) is 0 Å². The SMILES string of the molecule is O=C(Nc1ccc(Cl)c(C(F)(F)F)c1)Nc1cccc2ccc(C(=O)O)cc12. The Labute approximate surface area is 161 Å². The molecule has 9 heteroatoms.